The van der Waals surface area contributed by atoms with E-state index >= 15 is 0 Å². The Morgan fingerprint density at radius 3 is 2.95 bits per heavy atom. The molecule has 2 aliphatic carbocycles. The summed E-state index contributed by atoms with van der Waals surface area (Å²) in [4.78, 5) is 4.58. The molecule has 20 heavy (non-hydrogen) atoms. The number of benzene rings is 1. The topological polar surface area (TPSA) is 53.1 Å². The van der Waals surface area contributed by atoms with Crippen LogP contribution >= 0.6 is 0 Å². The zero-order valence-electron chi connectivity index (χ0n) is 11.9. The average molecular weight is 271 g/mol. The number of aromatic nitrogens is 2. The van der Waals surface area contributed by atoms with Crippen molar-refractivity contribution in [3.63, 3.8) is 0 Å². The number of hydrogen-bond donors (Lipinski definition) is 1. The molecule has 4 nitrogen and oxygen atoms in total. The maximum Gasteiger partial charge on any atom is 0.201 e. The summed E-state index contributed by atoms with van der Waals surface area (Å²) in [6.45, 7) is 2.65. The standard InChI is InChI=1S/C16H21N3O/c1-2-20-14-5-3-4-12-15(14)18-16(17)19(12)13-9-10-6-7-11(13)8-10/h3-5,10-11,13H,2,6-9H2,1H3,(H2,17,18). The van der Waals surface area contributed by atoms with E-state index in [0.717, 1.165) is 28.6 Å². The molecule has 1 heterocycles. The first-order valence-corrected chi connectivity index (χ1v) is 7.67. The highest BCUT2D eigenvalue weighted by Crippen LogP contribution is 2.52. The first-order valence-electron chi connectivity index (χ1n) is 7.67. The lowest BCUT2D eigenvalue weighted by atomic mass is 9.95. The Balaban J connectivity index is 1.83. The molecule has 3 atom stereocenters. The molecule has 1 aromatic heterocycles. The van der Waals surface area contributed by atoms with Gasteiger partial charge in [0, 0.05) is 6.04 Å². The maximum atomic E-state index is 6.23. The van der Waals surface area contributed by atoms with Gasteiger partial charge in [0.05, 0.1) is 12.1 Å². The molecule has 106 valence electrons. The maximum absolute atomic E-state index is 6.23. The number of hydrogen-bond acceptors (Lipinski definition) is 3. The van der Waals surface area contributed by atoms with Crippen molar-refractivity contribution in [2.45, 2.75) is 38.6 Å². The third-order valence-corrected chi connectivity index (χ3v) is 5.04. The first-order chi connectivity index (χ1) is 9.78. The fraction of sp³-hybridized carbons (Fsp3) is 0.562. The van der Waals surface area contributed by atoms with Crippen molar-refractivity contribution in [3.05, 3.63) is 18.2 Å². The molecule has 4 rings (SSSR count). The summed E-state index contributed by atoms with van der Waals surface area (Å²) in [5.74, 6) is 3.18. The molecule has 2 fully saturated rings. The Kier molecular flexibility index (Phi) is 2.65. The molecule has 0 spiro atoms. The second kappa shape index (κ2) is 4.40. The van der Waals surface area contributed by atoms with Crippen LogP contribution in [0.25, 0.3) is 11.0 Å². The predicted molar refractivity (Wildman–Crippen MR) is 79.8 cm³/mol. The third kappa shape index (κ3) is 1.63. The lowest BCUT2D eigenvalue weighted by Gasteiger charge is -2.24. The highest BCUT2D eigenvalue weighted by Gasteiger charge is 2.41. The lowest BCUT2D eigenvalue weighted by Crippen LogP contribution is -2.17. The third-order valence-electron chi connectivity index (χ3n) is 5.04. The van der Waals surface area contributed by atoms with Crippen LogP contribution in [-0.4, -0.2) is 16.2 Å². The predicted octanol–water partition coefficient (Wildman–Crippen LogP) is 3.38. The molecule has 0 radical (unpaired) electrons. The van der Waals surface area contributed by atoms with Gasteiger partial charge in [0.2, 0.25) is 5.95 Å². The van der Waals surface area contributed by atoms with E-state index in [0.29, 0.717) is 18.6 Å². The quantitative estimate of drug-likeness (QED) is 0.931. The minimum Gasteiger partial charge on any atom is -0.492 e. The number of ether oxygens (including phenoxy) is 1. The van der Waals surface area contributed by atoms with Gasteiger partial charge in [0.1, 0.15) is 11.3 Å². The second-order valence-electron chi connectivity index (χ2n) is 6.14. The summed E-state index contributed by atoms with van der Waals surface area (Å²) in [5, 5.41) is 0. The van der Waals surface area contributed by atoms with Gasteiger partial charge in [-0.2, -0.15) is 0 Å². The van der Waals surface area contributed by atoms with Crippen LogP contribution in [-0.2, 0) is 0 Å². The van der Waals surface area contributed by atoms with Gasteiger partial charge in [-0.1, -0.05) is 12.5 Å². The molecule has 2 saturated carbocycles. The fourth-order valence-electron chi connectivity index (χ4n) is 4.26. The molecule has 2 aromatic rings. The van der Waals surface area contributed by atoms with Gasteiger partial charge < -0.3 is 15.0 Å². The number of nitrogen functional groups attached to an aromatic ring is 1. The van der Waals surface area contributed by atoms with Crippen molar-refractivity contribution >= 4 is 17.0 Å². The van der Waals surface area contributed by atoms with Gasteiger partial charge >= 0.3 is 0 Å². The molecule has 4 heteroatoms. The lowest BCUT2D eigenvalue weighted by molar-refractivity contribution is 0.338. The van der Waals surface area contributed by atoms with Crippen LogP contribution in [0.15, 0.2) is 18.2 Å². The highest BCUT2D eigenvalue weighted by atomic mass is 16.5. The van der Waals surface area contributed by atoms with Gasteiger partial charge in [0.25, 0.3) is 0 Å². The summed E-state index contributed by atoms with van der Waals surface area (Å²) >= 11 is 0. The highest BCUT2D eigenvalue weighted by molar-refractivity contribution is 5.84. The SMILES string of the molecule is CCOc1cccc2c1nc(N)n2C1CC2CCC1C2. The number of rotatable bonds is 3. The molecular weight excluding hydrogens is 250 g/mol. The van der Waals surface area contributed by atoms with Crippen LogP contribution in [0, 0.1) is 11.8 Å². The van der Waals surface area contributed by atoms with E-state index in [2.05, 4.69) is 15.6 Å². The molecule has 3 unspecified atom stereocenters. The molecule has 1 aromatic carbocycles. The Morgan fingerprint density at radius 1 is 1.35 bits per heavy atom. The summed E-state index contributed by atoms with van der Waals surface area (Å²) in [6.07, 6.45) is 5.38. The fourth-order valence-corrected chi connectivity index (χ4v) is 4.26. The average Bonchev–Trinajstić information content (AvgIpc) is 3.12. The van der Waals surface area contributed by atoms with Crippen molar-refractivity contribution in [1.29, 1.82) is 0 Å². The van der Waals surface area contributed by atoms with Crippen LogP contribution in [0.5, 0.6) is 5.75 Å². The van der Waals surface area contributed by atoms with E-state index in [1.165, 1.54) is 25.7 Å². The minimum atomic E-state index is 0.538. The van der Waals surface area contributed by atoms with E-state index in [-0.39, 0.29) is 0 Å². The first kappa shape index (κ1) is 12.1. The summed E-state index contributed by atoms with van der Waals surface area (Å²) in [6, 6.07) is 6.67. The van der Waals surface area contributed by atoms with Crippen molar-refractivity contribution in [1.82, 2.24) is 9.55 Å². The molecule has 0 saturated heterocycles. The monoisotopic (exact) mass is 271 g/mol. The number of imidazole rings is 1. The molecule has 2 bridgehead atoms. The largest absolute Gasteiger partial charge is 0.492 e. The van der Waals surface area contributed by atoms with Gasteiger partial charge in [-0.15, -0.1) is 0 Å². The number of nitrogens with zero attached hydrogens (tertiary/aromatic N) is 2. The zero-order chi connectivity index (χ0) is 13.7. The van der Waals surface area contributed by atoms with Gasteiger partial charge in [-0.25, -0.2) is 4.98 Å². The molecule has 0 amide bonds. The number of fused-ring (bicyclic) bond motifs is 3. The van der Waals surface area contributed by atoms with Gasteiger partial charge in [0.15, 0.2) is 0 Å². The smallest absolute Gasteiger partial charge is 0.201 e. The van der Waals surface area contributed by atoms with Crippen LogP contribution in [0.3, 0.4) is 0 Å². The number of anilines is 1. The molecule has 2 N–H and O–H groups in total. The van der Waals surface area contributed by atoms with Crippen molar-refractivity contribution in [2.24, 2.45) is 11.8 Å². The summed E-state index contributed by atoms with van der Waals surface area (Å²) in [5.41, 5.74) is 8.27. The molecule has 2 aliphatic rings. The molecular formula is C16H21N3O. The Bertz CT molecular complexity index is 648. The van der Waals surface area contributed by atoms with Crippen LogP contribution in [0.1, 0.15) is 38.6 Å². The summed E-state index contributed by atoms with van der Waals surface area (Å²) < 4.78 is 7.95. The van der Waals surface area contributed by atoms with Crippen LogP contribution in [0.2, 0.25) is 0 Å². The normalized spacial score (nSPS) is 28.4. The second-order valence-corrected chi connectivity index (χ2v) is 6.14. The van der Waals surface area contributed by atoms with E-state index in [9.17, 15) is 0 Å². The Morgan fingerprint density at radius 2 is 2.25 bits per heavy atom. The number of para-hydroxylation sites is 1. The van der Waals surface area contributed by atoms with E-state index in [1.807, 2.05) is 19.1 Å². The van der Waals surface area contributed by atoms with E-state index < -0.39 is 0 Å². The van der Waals surface area contributed by atoms with Crippen LogP contribution < -0.4 is 10.5 Å². The van der Waals surface area contributed by atoms with Gasteiger partial charge in [-0.05, 0) is 50.2 Å². The minimum absolute atomic E-state index is 0.538. The number of nitrogens with two attached hydrogens (primary N) is 1. The van der Waals surface area contributed by atoms with Crippen molar-refractivity contribution in [3.8, 4) is 5.75 Å². The Hall–Kier alpha value is -1.71. The summed E-state index contributed by atoms with van der Waals surface area (Å²) in [7, 11) is 0. The molecule has 0 aliphatic heterocycles. The Labute approximate surface area is 118 Å². The van der Waals surface area contributed by atoms with Crippen molar-refractivity contribution < 1.29 is 4.74 Å². The van der Waals surface area contributed by atoms with Crippen LogP contribution in [0.4, 0.5) is 5.95 Å². The van der Waals surface area contributed by atoms with E-state index in [1.54, 1.807) is 0 Å². The van der Waals surface area contributed by atoms with Crippen molar-refractivity contribution in [2.75, 3.05) is 12.3 Å². The van der Waals surface area contributed by atoms with E-state index in [4.69, 9.17) is 10.5 Å². The van der Waals surface area contributed by atoms with Gasteiger partial charge in [-0.3, -0.25) is 0 Å². The zero-order valence-corrected chi connectivity index (χ0v) is 11.9.